The standard InChI is InChI=1S/C17H17FN4S/c1-11-5-6-14(15(18)9-11)16-20-8-7-12(22-16)3-2-4-13-10-21-17(19)23-13/h5-10H,2-4H2,1H3,(H2,19,21). The van der Waals surface area contributed by atoms with Gasteiger partial charge in [0.2, 0.25) is 0 Å². The molecule has 118 valence electrons. The van der Waals surface area contributed by atoms with E-state index >= 15 is 0 Å². The van der Waals surface area contributed by atoms with Crippen LogP contribution in [0.2, 0.25) is 0 Å². The van der Waals surface area contributed by atoms with Gasteiger partial charge in [0, 0.05) is 23.0 Å². The fraction of sp³-hybridized carbons (Fsp3) is 0.235. The first-order valence-electron chi connectivity index (χ1n) is 7.40. The van der Waals surface area contributed by atoms with Gasteiger partial charge in [-0.1, -0.05) is 6.07 Å². The van der Waals surface area contributed by atoms with Crippen molar-refractivity contribution in [3.8, 4) is 11.4 Å². The van der Waals surface area contributed by atoms with E-state index in [4.69, 9.17) is 5.73 Å². The second kappa shape index (κ2) is 6.83. The molecule has 6 heteroatoms. The molecule has 0 unspecified atom stereocenters. The molecule has 0 fully saturated rings. The van der Waals surface area contributed by atoms with Crippen molar-refractivity contribution in [3.05, 3.63) is 58.6 Å². The predicted molar refractivity (Wildman–Crippen MR) is 90.7 cm³/mol. The summed E-state index contributed by atoms with van der Waals surface area (Å²) in [6.45, 7) is 1.86. The average molecular weight is 328 g/mol. The van der Waals surface area contributed by atoms with E-state index in [9.17, 15) is 4.39 Å². The molecule has 23 heavy (non-hydrogen) atoms. The second-order valence-electron chi connectivity index (χ2n) is 5.37. The average Bonchev–Trinajstić information content (AvgIpc) is 2.93. The zero-order chi connectivity index (χ0) is 16.2. The summed E-state index contributed by atoms with van der Waals surface area (Å²) in [5.41, 5.74) is 7.85. The molecule has 1 aromatic carbocycles. The summed E-state index contributed by atoms with van der Waals surface area (Å²) in [5, 5.41) is 0.596. The topological polar surface area (TPSA) is 64.7 Å². The molecular formula is C17H17FN4S. The minimum Gasteiger partial charge on any atom is -0.375 e. The zero-order valence-electron chi connectivity index (χ0n) is 12.8. The van der Waals surface area contributed by atoms with Gasteiger partial charge in [0.15, 0.2) is 11.0 Å². The molecule has 0 aliphatic rings. The van der Waals surface area contributed by atoms with Crippen LogP contribution in [0.5, 0.6) is 0 Å². The van der Waals surface area contributed by atoms with Crippen LogP contribution in [-0.2, 0) is 12.8 Å². The monoisotopic (exact) mass is 328 g/mol. The Kier molecular flexibility index (Phi) is 4.62. The molecule has 3 rings (SSSR count). The quantitative estimate of drug-likeness (QED) is 0.773. The molecular weight excluding hydrogens is 311 g/mol. The fourth-order valence-corrected chi connectivity index (χ4v) is 3.07. The van der Waals surface area contributed by atoms with E-state index in [2.05, 4.69) is 15.0 Å². The lowest BCUT2D eigenvalue weighted by Gasteiger charge is -2.05. The summed E-state index contributed by atoms with van der Waals surface area (Å²) in [6.07, 6.45) is 6.15. The van der Waals surface area contributed by atoms with Crippen molar-refractivity contribution >= 4 is 16.5 Å². The summed E-state index contributed by atoms with van der Waals surface area (Å²) in [4.78, 5) is 13.9. The van der Waals surface area contributed by atoms with Crippen LogP contribution in [-0.4, -0.2) is 15.0 Å². The Bertz CT molecular complexity index is 816. The predicted octanol–water partition coefficient (Wildman–Crippen LogP) is 3.81. The molecule has 2 aromatic heterocycles. The van der Waals surface area contributed by atoms with Gasteiger partial charge in [-0.2, -0.15) is 0 Å². The Morgan fingerprint density at radius 2 is 2.04 bits per heavy atom. The highest BCUT2D eigenvalue weighted by Gasteiger charge is 2.09. The van der Waals surface area contributed by atoms with Crippen molar-refractivity contribution in [2.24, 2.45) is 0 Å². The van der Waals surface area contributed by atoms with E-state index in [-0.39, 0.29) is 5.82 Å². The number of hydrogen-bond acceptors (Lipinski definition) is 5. The van der Waals surface area contributed by atoms with Gasteiger partial charge in [-0.15, -0.1) is 11.3 Å². The Hall–Kier alpha value is -2.34. The highest BCUT2D eigenvalue weighted by molar-refractivity contribution is 7.15. The Balaban J connectivity index is 1.69. The molecule has 0 aliphatic heterocycles. The van der Waals surface area contributed by atoms with Gasteiger partial charge in [-0.3, -0.25) is 0 Å². The summed E-state index contributed by atoms with van der Waals surface area (Å²) in [6, 6.07) is 6.96. The summed E-state index contributed by atoms with van der Waals surface area (Å²) < 4.78 is 14.0. The largest absolute Gasteiger partial charge is 0.375 e. The number of hydrogen-bond donors (Lipinski definition) is 1. The molecule has 0 saturated heterocycles. The van der Waals surface area contributed by atoms with E-state index < -0.39 is 0 Å². The van der Waals surface area contributed by atoms with Crippen molar-refractivity contribution in [2.75, 3.05) is 5.73 Å². The van der Waals surface area contributed by atoms with Crippen LogP contribution in [0.3, 0.4) is 0 Å². The smallest absolute Gasteiger partial charge is 0.180 e. The molecule has 0 aliphatic carbocycles. The first-order chi connectivity index (χ1) is 11.1. The maximum absolute atomic E-state index is 14.0. The van der Waals surface area contributed by atoms with Gasteiger partial charge in [0.1, 0.15) is 5.82 Å². The van der Waals surface area contributed by atoms with Crippen LogP contribution < -0.4 is 5.73 Å². The first kappa shape index (κ1) is 15.6. The second-order valence-corrected chi connectivity index (χ2v) is 6.52. The van der Waals surface area contributed by atoms with Gasteiger partial charge < -0.3 is 5.73 Å². The fourth-order valence-electron chi connectivity index (χ4n) is 2.35. The summed E-state index contributed by atoms with van der Waals surface area (Å²) in [7, 11) is 0. The summed E-state index contributed by atoms with van der Waals surface area (Å²) >= 11 is 1.51. The molecule has 0 amide bonds. The normalized spacial score (nSPS) is 10.9. The van der Waals surface area contributed by atoms with Gasteiger partial charge in [0.25, 0.3) is 0 Å². The van der Waals surface area contributed by atoms with Crippen molar-refractivity contribution in [2.45, 2.75) is 26.2 Å². The zero-order valence-corrected chi connectivity index (χ0v) is 13.6. The number of nitrogen functional groups attached to an aromatic ring is 1. The SMILES string of the molecule is Cc1ccc(-c2nccc(CCCc3cnc(N)s3)n2)c(F)c1. The lowest BCUT2D eigenvalue weighted by Crippen LogP contribution is -1.98. The molecule has 0 bridgehead atoms. The Labute approximate surface area is 138 Å². The van der Waals surface area contributed by atoms with Gasteiger partial charge >= 0.3 is 0 Å². The minimum absolute atomic E-state index is 0.290. The van der Waals surface area contributed by atoms with E-state index in [1.807, 2.05) is 25.3 Å². The Morgan fingerprint density at radius 3 is 2.78 bits per heavy atom. The maximum Gasteiger partial charge on any atom is 0.180 e. The highest BCUT2D eigenvalue weighted by atomic mass is 32.1. The van der Waals surface area contributed by atoms with Crippen molar-refractivity contribution in [1.82, 2.24) is 15.0 Å². The van der Waals surface area contributed by atoms with Crippen molar-refractivity contribution in [3.63, 3.8) is 0 Å². The van der Waals surface area contributed by atoms with Crippen LogP contribution in [0.25, 0.3) is 11.4 Å². The number of aromatic nitrogens is 3. The van der Waals surface area contributed by atoms with Gasteiger partial charge in [-0.05, 0) is 49.9 Å². The number of thiazole rings is 1. The number of rotatable bonds is 5. The molecule has 3 aromatic rings. The molecule has 4 nitrogen and oxygen atoms in total. The number of nitrogens with zero attached hydrogens (tertiary/aromatic N) is 3. The molecule has 0 saturated carbocycles. The number of anilines is 1. The van der Waals surface area contributed by atoms with E-state index in [0.29, 0.717) is 16.5 Å². The number of benzene rings is 1. The third-order valence-electron chi connectivity index (χ3n) is 3.51. The molecule has 2 N–H and O–H groups in total. The third-order valence-corrected chi connectivity index (χ3v) is 4.39. The Morgan fingerprint density at radius 1 is 1.17 bits per heavy atom. The van der Waals surface area contributed by atoms with E-state index in [1.165, 1.54) is 22.3 Å². The van der Waals surface area contributed by atoms with Crippen LogP contribution in [0.4, 0.5) is 9.52 Å². The minimum atomic E-state index is -0.290. The van der Waals surface area contributed by atoms with Crippen LogP contribution in [0, 0.1) is 12.7 Å². The van der Waals surface area contributed by atoms with E-state index in [1.54, 1.807) is 12.3 Å². The lowest BCUT2D eigenvalue weighted by atomic mass is 10.1. The molecule has 2 heterocycles. The third kappa shape index (κ3) is 3.90. The van der Waals surface area contributed by atoms with E-state index in [0.717, 1.165) is 30.5 Å². The summed E-state index contributed by atoms with van der Waals surface area (Å²) in [5.74, 6) is 0.143. The highest BCUT2D eigenvalue weighted by Crippen LogP contribution is 2.21. The first-order valence-corrected chi connectivity index (χ1v) is 8.22. The lowest BCUT2D eigenvalue weighted by molar-refractivity contribution is 0.628. The molecule has 0 radical (unpaired) electrons. The number of aryl methyl sites for hydroxylation is 3. The van der Waals surface area contributed by atoms with Gasteiger partial charge in [0.05, 0.1) is 5.56 Å². The van der Waals surface area contributed by atoms with Crippen LogP contribution in [0.1, 0.15) is 22.6 Å². The van der Waals surface area contributed by atoms with Crippen LogP contribution in [0.15, 0.2) is 36.7 Å². The van der Waals surface area contributed by atoms with Gasteiger partial charge in [-0.25, -0.2) is 19.3 Å². The van der Waals surface area contributed by atoms with Crippen molar-refractivity contribution in [1.29, 1.82) is 0 Å². The molecule has 0 atom stereocenters. The molecule has 0 spiro atoms. The number of nitrogens with two attached hydrogens (primary N) is 1. The van der Waals surface area contributed by atoms with Crippen molar-refractivity contribution < 1.29 is 4.39 Å². The maximum atomic E-state index is 14.0. The number of halogens is 1. The van der Waals surface area contributed by atoms with Crippen LogP contribution >= 0.6 is 11.3 Å².